The molecule has 2 aliphatic rings. The Morgan fingerprint density at radius 1 is 1.27 bits per heavy atom. The molecule has 1 heteroatoms. The van der Waals surface area contributed by atoms with E-state index in [1.165, 1.54) is 12.8 Å². The lowest BCUT2D eigenvalue weighted by atomic mass is 9.65. The van der Waals surface area contributed by atoms with Gasteiger partial charge in [-0.2, -0.15) is 0 Å². The Bertz CT molecular complexity index is 167. The standard InChI is InChI=1S/C10H18O/c1-9(2)8-4-5-10(9,3)7-11-6-8/h8H,4-7H2,1-3H3. The highest BCUT2D eigenvalue weighted by molar-refractivity contribution is 5.02. The van der Waals surface area contributed by atoms with Gasteiger partial charge in [0.05, 0.1) is 6.61 Å². The highest BCUT2D eigenvalue weighted by atomic mass is 16.5. The minimum Gasteiger partial charge on any atom is -0.381 e. The SMILES string of the molecule is CC12CCC(COC1)C2(C)C. The fraction of sp³-hybridized carbons (Fsp3) is 1.00. The van der Waals surface area contributed by atoms with E-state index < -0.39 is 0 Å². The van der Waals surface area contributed by atoms with Crippen LogP contribution in [0, 0.1) is 16.7 Å². The first-order valence-electron chi connectivity index (χ1n) is 4.64. The van der Waals surface area contributed by atoms with Gasteiger partial charge in [-0.05, 0) is 29.6 Å². The summed E-state index contributed by atoms with van der Waals surface area (Å²) in [7, 11) is 0. The van der Waals surface area contributed by atoms with E-state index in [0.29, 0.717) is 10.8 Å². The van der Waals surface area contributed by atoms with E-state index in [-0.39, 0.29) is 0 Å². The number of fused-ring (bicyclic) bond motifs is 2. The van der Waals surface area contributed by atoms with Crippen LogP contribution < -0.4 is 0 Å². The molecule has 0 spiro atoms. The normalized spacial score (nSPS) is 47.7. The summed E-state index contributed by atoms with van der Waals surface area (Å²) in [5.41, 5.74) is 0.987. The molecule has 1 aliphatic heterocycles. The van der Waals surface area contributed by atoms with Crippen molar-refractivity contribution in [3.63, 3.8) is 0 Å². The molecule has 2 rings (SSSR count). The Labute approximate surface area is 69.1 Å². The van der Waals surface area contributed by atoms with Crippen LogP contribution in [0.2, 0.25) is 0 Å². The van der Waals surface area contributed by atoms with Gasteiger partial charge in [0.15, 0.2) is 0 Å². The largest absolute Gasteiger partial charge is 0.381 e. The molecule has 2 unspecified atom stereocenters. The Kier molecular flexibility index (Phi) is 1.39. The highest BCUT2D eigenvalue weighted by Crippen LogP contribution is 2.58. The predicted octanol–water partition coefficient (Wildman–Crippen LogP) is 2.46. The average molecular weight is 154 g/mol. The van der Waals surface area contributed by atoms with Gasteiger partial charge in [-0.1, -0.05) is 20.8 Å². The summed E-state index contributed by atoms with van der Waals surface area (Å²) in [6.07, 6.45) is 2.74. The van der Waals surface area contributed by atoms with Crippen molar-refractivity contribution in [3.05, 3.63) is 0 Å². The molecule has 0 N–H and O–H groups in total. The fourth-order valence-electron chi connectivity index (χ4n) is 2.64. The van der Waals surface area contributed by atoms with Gasteiger partial charge in [-0.25, -0.2) is 0 Å². The second kappa shape index (κ2) is 2.01. The lowest BCUT2D eigenvalue weighted by Crippen LogP contribution is -2.43. The summed E-state index contributed by atoms with van der Waals surface area (Å²) >= 11 is 0. The van der Waals surface area contributed by atoms with E-state index in [9.17, 15) is 0 Å². The van der Waals surface area contributed by atoms with Crippen molar-refractivity contribution in [3.8, 4) is 0 Å². The van der Waals surface area contributed by atoms with E-state index in [0.717, 1.165) is 19.1 Å². The summed E-state index contributed by atoms with van der Waals surface area (Å²) in [4.78, 5) is 0. The third kappa shape index (κ3) is 0.807. The van der Waals surface area contributed by atoms with Crippen molar-refractivity contribution in [2.75, 3.05) is 13.2 Å². The first-order valence-corrected chi connectivity index (χ1v) is 4.64. The van der Waals surface area contributed by atoms with E-state index >= 15 is 0 Å². The zero-order valence-corrected chi connectivity index (χ0v) is 7.81. The minimum absolute atomic E-state index is 0.468. The van der Waals surface area contributed by atoms with Gasteiger partial charge in [-0.15, -0.1) is 0 Å². The number of hydrogen-bond donors (Lipinski definition) is 0. The fourth-order valence-corrected chi connectivity index (χ4v) is 2.64. The van der Waals surface area contributed by atoms with E-state index in [1.54, 1.807) is 0 Å². The molecule has 0 aromatic heterocycles. The second-order valence-corrected chi connectivity index (χ2v) is 5.03. The van der Waals surface area contributed by atoms with Crippen molar-refractivity contribution in [2.24, 2.45) is 16.7 Å². The number of hydrogen-bond acceptors (Lipinski definition) is 1. The van der Waals surface area contributed by atoms with Crippen LogP contribution in [0.4, 0.5) is 0 Å². The molecule has 0 radical (unpaired) electrons. The molecule has 1 aliphatic carbocycles. The first-order chi connectivity index (χ1) is 5.06. The topological polar surface area (TPSA) is 9.23 Å². The Morgan fingerprint density at radius 2 is 2.00 bits per heavy atom. The van der Waals surface area contributed by atoms with Gasteiger partial charge < -0.3 is 4.74 Å². The molecule has 2 atom stereocenters. The van der Waals surface area contributed by atoms with Crippen molar-refractivity contribution >= 4 is 0 Å². The maximum Gasteiger partial charge on any atom is 0.0525 e. The minimum atomic E-state index is 0.468. The maximum absolute atomic E-state index is 5.60. The summed E-state index contributed by atoms with van der Waals surface area (Å²) in [5, 5.41) is 0. The Morgan fingerprint density at radius 3 is 2.55 bits per heavy atom. The quantitative estimate of drug-likeness (QED) is 0.521. The zero-order chi connectivity index (χ0) is 8.11. The molecule has 1 saturated carbocycles. The molecule has 1 nitrogen and oxygen atoms in total. The lowest BCUT2D eigenvalue weighted by Gasteiger charge is -2.45. The van der Waals surface area contributed by atoms with Gasteiger partial charge in [-0.3, -0.25) is 0 Å². The van der Waals surface area contributed by atoms with Gasteiger partial charge >= 0.3 is 0 Å². The number of rotatable bonds is 0. The summed E-state index contributed by atoms with van der Waals surface area (Å²) in [6, 6.07) is 0. The summed E-state index contributed by atoms with van der Waals surface area (Å²) < 4.78 is 5.60. The average Bonchev–Trinajstić information content (AvgIpc) is 2.17. The van der Waals surface area contributed by atoms with Crippen LogP contribution in [-0.2, 0) is 4.74 Å². The van der Waals surface area contributed by atoms with Gasteiger partial charge in [0.1, 0.15) is 0 Å². The van der Waals surface area contributed by atoms with E-state index in [4.69, 9.17) is 4.74 Å². The van der Waals surface area contributed by atoms with Gasteiger partial charge in [0, 0.05) is 6.61 Å². The Hall–Kier alpha value is -0.0400. The number of ether oxygens (including phenoxy) is 1. The van der Waals surface area contributed by atoms with Crippen molar-refractivity contribution in [2.45, 2.75) is 33.6 Å². The summed E-state index contributed by atoms with van der Waals surface area (Å²) in [6.45, 7) is 9.19. The van der Waals surface area contributed by atoms with Gasteiger partial charge in [0.25, 0.3) is 0 Å². The van der Waals surface area contributed by atoms with Crippen LogP contribution >= 0.6 is 0 Å². The molecule has 2 fully saturated rings. The molecule has 1 saturated heterocycles. The first kappa shape index (κ1) is 7.60. The third-order valence-electron chi connectivity index (χ3n) is 4.36. The van der Waals surface area contributed by atoms with E-state index in [2.05, 4.69) is 20.8 Å². The van der Waals surface area contributed by atoms with Crippen LogP contribution in [0.25, 0.3) is 0 Å². The molecule has 0 aromatic carbocycles. The highest BCUT2D eigenvalue weighted by Gasteiger charge is 2.53. The van der Waals surface area contributed by atoms with Gasteiger partial charge in [0.2, 0.25) is 0 Å². The Balaban J connectivity index is 2.33. The molecule has 1 heterocycles. The molecule has 0 aromatic rings. The predicted molar refractivity (Wildman–Crippen MR) is 45.4 cm³/mol. The molecule has 2 bridgehead atoms. The zero-order valence-electron chi connectivity index (χ0n) is 7.81. The maximum atomic E-state index is 5.60. The molecular weight excluding hydrogens is 136 g/mol. The molecule has 0 amide bonds. The van der Waals surface area contributed by atoms with Crippen LogP contribution in [0.15, 0.2) is 0 Å². The monoisotopic (exact) mass is 154 g/mol. The smallest absolute Gasteiger partial charge is 0.0525 e. The van der Waals surface area contributed by atoms with Crippen LogP contribution in [0.5, 0.6) is 0 Å². The van der Waals surface area contributed by atoms with Crippen molar-refractivity contribution in [1.29, 1.82) is 0 Å². The van der Waals surface area contributed by atoms with Crippen molar-refractivity contribution in [1.82, 2.24) is 0 Å². The van der Waals surface area contributed by atoms with E-state index in [1.807, 2.05) is 0 Å². The van der Waals surface area contributed by atoms with Crippen LogP contribution in [-0.4, -0.2) is 13.2 Å². The second-order valence-electron chi connectivity index (χ2n) is 5.03. The molecule has 64 valence electrons. The lowest BCUT2D eigenvalue weighted by molar-refractivity contribution is -0.0872. The molecular formula is C10H18O. The third-order valence-corrected chi connectivity index (χ3v) is 4.36. The van der Waals surface area contributed by atoms with Crippen LogP contribution in [0.1, 0.15) is 33.6 Å². The van der Waals surface area contributed by atoms with Crippen molar-refractivity contribution < 1.29 is 4.74 Å². The summed E-state index contributed by atoms with van der Waals surface area (Å²) in [5.74, 6) is 0.821. The van der Waals surface area contributed by atoms with Crippen LogP contribution in [0.3, 0.4) is 0 Å². The molecule has 11 heavy (non-hydrogen) atoms.